The predicted octanol–water partition coefficient (Wildman–Crippen LogP) is 2.22. The van der Waals surface area contributed by atoms with Crippen LogP contribution in [0.2, 0.25) is 0 Å². The zero-order valence-corrected chi connectivity index (χ0v) is 9.22. The van der Waals surface area contributed by atoms with Crippen molar-refractivity contribution in [2.75, 3.05) is 6.61 Å². The minimum atomic E-state index is -0.539. The molecule has 3 heteroatoms. The third-order valence-electron chi connectivity index (χ3n) is 2.72. The Labute approximate surface area is 88.5 Å². The lowest BCUT2D eigenvalue weighted by molar-refractivity contribution is -0.0957. The summed E-state index contributed by atoms with van der Waals surface area (Å²) in [6.07, 6.45) is 2.48. The molecule has 1 aromatic rings. The molecule has 1 saturated heterocycles. The Hall–Kier alpha value is -0.380. The standard InChI is InChI=1S/C11H16O2S/c1-9-7-11(12,4-5-13-9)8-10-3-2-6-14-10/h2-3,6,9,12H,4-5,7-8H2,1H3. The SMILES string of the molecule is CC1CC(O)(Cc2cccs2)CCO1. The second-order valence-electron chi connectivity index (χ2n) is 4.12. The van der Waals surface area contributed by atoms with Crippen LogP contribution in [0.5, 0.6) is 0 Å². The van der Waals surface area contributed by atoms with Crippen molar-refractivity contribution in [2.45, 2.75) is 37.9 Å². The first kappa shape index (κ1) is 10.1. The molecule has 1 N–H and O–H groups in total. The van der Waals surface area contributed by atoms with Crippen LogP contribution >= 0.6 is 11.3 Å². The van der Waals surface area contributed by atoms with E-state index < -0.39 is 5.60 Å². The summed E-state index contributed by atoms with van der Waals surface area (Å²) in [5, 5.41) is 12.4. The summed E-state index contributed by atoms with van der Waals surface area (Å²) in [6, 6.07) is 4.12. The highest BCUT2D eigenvalue weighted by atomic mass is 32.1. The van der Waals surface area contributed by atoms with Gasteiger partial charge in [-0.05, 0) is 24.8 Å². The zero-order chi connectivity index (χ0) is 10.0. The molecule has 0 saturated carbocycles. The summed E-state index contributed by atoms with van der Waals surface area (Å²) in [6.45, 7) is 2.71. The molecule has 1 fully saturated rings. The predicted molar refractivity (Wildman–Crippen MR) is 57.6 cm³/mol. The van der Waals surface area contributed by atoms with Crippen LogP contribution in [0.3, 0.4) is 0 Å². The van der Waals surface area contributed by atoms with E-state index in [1.54, 1.807) is 11.3 Å². The molecular weight excluding hydrogens is 196 g/mol. The molecule has 0 amide bonds. The van der Waals surface area contributed by atoms with Crippen molar-refractivity contribution in [3.05, 3.63) is 22.4 Å². The highest BCUT2D eigenvalue weighted by Crippen LogP contribution is 2.29. The molecule has 2 rings (SSSR count). The van der Waals surface area contributed by atoms with Gasteiger partial charge in [0.05, 0.1) is 11.7 Å². The Bertz CT molecular complexity index is 283. The molecule has 0 aromatic carbocycles. The van der Waals surface area contributed by atoms with E-state index in [2.05, 4.69) is 11.4 Å². The van der Waals surface area contributed by atoms with Crippen molar-refractivity contribution >= 4 is 11.3 Å². The number of hydrogen-bond donors (Lipinski definition) is 1. The molecule has 1 aromatic heterocycles. The van der Waals surface area contributed by atoms with Gasteiger partial charge in [-0.3, -0.25) is 0 Å². The first-order valence-corrected chi connectivity index (χ1v) is 5.92. The first-order chi connectivity index (χ1) is 6.68. The van der Waals surface area contributed by atoms with Crippen LogP contribution in [0.4, 0.5) is 0 Å². The average molecular weight is 212 g/mol. The summed E-state index contributed by atoms with van der Waals surface area (Å²) in [5.41, 5.74) is -0.539. The van der Waals surface area contributed by atoms with Gasteiger partial charge in [-0.2, -0.15) is 0 Å². The van der Waals surface area contributed by atoms with E-state index >= 15 is 0 Å². The van der Waals surface area contributed by atoms with Crippen molar-refractivity contribution in [1.29, 1.82) is 0 Å². The second-order valence-corrected chi connectivity index (χ2v) is 5.15. The lowest BCUT2D eigenvalue weighted by Gasteiger charge is -2.35. The Morgan fingerprint density at radius 3 is 3.21 bits per heavy atom. The van der Waals surface area contributed by atoms with Crippen LogP contribution in [-0.2, 0) is 11.2 Å². The minimum absolute atomic E-state index is 0.189. The van der Waals surface area contributed by atoms with E-state index in [0.29, 0.717) is 6.61 Å². The normalized spacial score (nSPS) is 33.1. The van der Waals surface area contributed by atoms with Gasteiger partial charge in [0.2, 0.25) is 0 Å². The van der Waals surface area contributed by atoms with E-state index in [4.69, 9.17) is 4.74 Å². The minimum Gasteiger partial charge on any atom is -0.389 e. The molecule has 0 radical (unpaired) electrons. The Kier molecular flexibility index (Phi) is 2.91. The van der Waals surface area contributed by atoms with E-state index in [1.807, 2.05) is 13.0 Å². The molecule has 2 unspecified atom stereocenters. The molecule has 0 spiro atoms. The molecule has 2 nitrogen and oxygen atoms in total. The molecule has 0 aliphatic carbocycles. The van der Waals surface area contributed by atoms with Gasteiger partial charge in [0.15, 0.2) is 0 Å². The summed E-state index contributed by atoms with van der Waals surface area (Å²) >= 11 is 1.72. The Balaban J connectivity index is 2.01. The van der Waals surface area contributed by atoms with E-state index in [1.165, 1.54) is 4.88 Å². The fourth-order valence-corrected chi connectivity index (χ4v) is 2.89. The zero-order valence-electron chi connectivity index (χ0n) is 8.40. The van der Waals surface area contributed by atoms with Crippen molar-refractivity contribution in [3.8, 4) is 0 Å². The van der Waals surface area contributed by atoms with E-state index in [-0.39, 0.29) is 6.10 Å². The fraction of sp³-hybridized carbons (Fsp3) is 0.636. The molecule has 78 valence electrons. The highest BCUT2D eigenvalue weighted by molar-refractivity contribution is 7.09. The first-order valence-electron chi connectivity index (χ1n) is 5.04. The van der Waals surface area contributed by atoms with Gasteiger partial charge in [-0.25, -0.2) is 0 Å². The van der Waals surface area contributed by atoms with Crippen LogP contribution < -0.4 is 0 Å². The highest BCUT2D eigenvalue weighted by Gasteiger charge is 2.33. The number of aliphatic hydroxyl groups is 1. The van der Waals surface area contributed by atoms with Crippen molar-refractivity contribution < 1.29 is 9.84 Å². The number of ether oxygens (including phenoxy) is 1. The maximum absolute atomic E-state index is 10.3. The van der Waals surface area contributed by atoms with Crippen molar-refractivity contribution in [3.63, 3.8) is 0 Å². The molecule has 1 aliphatic heterocycles. The summed E-state index contributed by atoms with van der Waals surface area (Å²) in [7, 11) is 0. The Morgan fingerprint density at radius 2 is 2.57 bits per heavy atom. The maximum atomic E-state index is 10.3. The third kappa shape index (κ3) is 2.35. The average Bonchev–Trinajstić information content (AvgIpc) is 2.55. The summed E-state index contributed by atoms with van der Waals surface area (Å²) in [5.74, 6) is 0. The van der Waals surface area contributed by atoms with Crippen LogP contribution in [0.1, 0.15) is 24.6 Å². The number of hydrogen-bond acceptors (Lipinski definition) is 3. The second kappa shape index (κ2) is 4.01. The van der Waals surface area contributed by atoms with Gasteiger partial charge in [0, 0.05) is 24.3 Å². The van der Waals surface area contributed by atoms with Crippen molar-refractivity contribution in [2.24, 2.45) is 0 Å². The third-order valence-corrected chi connectivity index (χ3v) is 3.60. The lowest BCUT2D eigenvalue weighted by atomic mass is 9.87. The van der Waals surface area contributed by atoms with Crippen LogP contribution in [0.15, 0.2) is 17.5 Å². The quantitative estimate of drug-likeness (QED) is 0.814. The van der Waals surface area contributed by atoms with E-state index in [9.17, 15) is 5.11 Å². The molecular formula is C11H16O2S. The van der Waals surface area contributed by atoms with Crippen LogP contribution in [0.25, 0.3) is 0 Å². The number of rotatable bonds is 2. The van der Waals surface area contributed by atoms with Gasteiger partial charge in [-0.15, -0.1) is 11.3 Å². The summed E-state index contributed by atoms with van der Waals surface area (Å²) < 4.78 is 5.44. The van der Waals surface area contributed by atoms with Crippen LogP contribution in [0, 0.1) is 0 Å². The molecule has 1 aliphatic rings. The van der Waals surface area contributed by atoms with Crippen LogP contribution in [-0.4, -0.2) is 23.4 Å². The monoisotopic (exact) mass is 212 g/mol. The maximum Gasteiger partial charge on any atom is 0.0742 e. The number of thiophene rings is 1. The largest absolute Gasteiger partial charge is 0.389 e. The van der Waals surface area contributed by atoms with Gasteiger partial charge in [-0.1, -0.05) is 6.07 Å². The van der Waals surface area contributed by atoms with Gasteiger partial charge < -0.3 is 9.84 Å². The molecule has 14 heavy (non-hydrogen) atoms. The Morgan fingerprint density at radius 1 is 1.71 bits per heavy atom. The topological polar surface area (TPSA) is 29.5 Å². The van der Waals surface area contributed by atoms with Gasteiger partial charge >= 0.3 is 0 Å². The lowest BCUT2D eigenvalue weighted by Crippen LogP contribution is -2.41. The molecule has 2 heterocycles. The van der Waals surface area contributed by atoms with E-state index in [0.717, 1.165) is 19.3 Å². The molecule has 2 atom stereocenters. The fourth-order valence-electron chi connectivity index (χ4n) is 2.04. The smallest absolute Gasteiger partial charge is 0.0742 e. The van der Waals surface area contributed by atoms with Crippen molar-refractivity contribution in [1.82, 2.24) is 0 Å². The van der Waals surface area contributed by atoms with Gasteiger partial charge in [0.1, 0.15) is 0 Å². The summed E-state index contributed by atoms with van der Waals surface area (Å²) in [4.78, 5) is 1.27. The molecule has 0 bridgehead atoms. The van der Waals surface area contributed by atoms with Gasteiger partial charge in [0.25, 0.3) is 0 Å².